The molecule has 2 N–H and O–H groups in total. The van der Waals surface area contributed by atoms with Gasteiger partial charge in [0.2, 0.25) is 0 Å². The smallest absolute Gasteiger partial charge is 0.319 e. The Bertz CT molecular complexity index is 894. The van der Waals surface area contributed by atoms with Gasteiger partial charge in [0.05, 0.1) is 16.8 Å². The van der Waals surface area contributed by atoms with E-state index in [0.717, 1.165) is 22.5 Å². The molecular formula is C20H19ClN4O. The van der Waals surface area contributed by atoms with E-state index < -0.39 is 0 Å². The van der Waals surface area contributed by atoms with E-state index in [-0.39, 0.29) is 12.1 Å². The molecule has 6 heteroatoms. The number of benzene rings is 1. The van der Waals surface area contributed by atoms with Crippen LogP contribution in [0.4, 0.5) is 10.5 Å². The van der Waals surface area contributed by atoms with Crippen LogP contribution in [0.3, 0.4) is 0 Å². The van der Waals surface area contributed by atoms with Crippen molar-refractivity contribution in [2.24, 2.45) is 0 Å². The maximum Gasteiger partial charge on any atom is 0.319 e. The number of nitrogens with zero attached hydrogens (tertiary/aromatic N) is 2. The zero-order valence-electron chi connectivity index (χ0n) is 14.5. The number of carbonyl (C=O) groups excluding carboxylic acids is 1. The molecule has 0 saturated carbocycles. The minimum Gasteiger partial charge on any atom is -0.330 e. The Morgan fingerprint density at radius 1 is 1.04 bits per heavy atom. The fraction of sp³-hybridized carbons (Fsp3) is 0.150. The summed E-state index contributed by atoms with van der Waals surface area (Å²) in [6.45, 7) is 3.82. The lowest BCUT2D eigenvalue weighted by molar-refractivity contribution is 0.249. The highest BCUT2D eigenvalue weighted by atomic mass is 35.5. The van der Waals surface area contributed by atoms with E-state index in [4.69, 9.17) is 11.6 Å². The van der Waals surface area contributed by atoms with Crippen molar-refractivity contribution in [3.05, 3.63) is 77.3 Å². The molecule has 132 valence electrons. The predicted octanol–water partition coefficient (Wildman–Crippen LogP) is 4.99. The third kappa shape index (κ3) is 4.58. The van der Waals surface area contributed by atoms with Gasteiger partial charge in [0.15, 0.2) is 0 Å². The van der Waals surface area contributed by atoms with Gasteiger partial charge in [0, 0.05) is 23.8 Å². The van der Waals surface area contributed by atoms with E-state index in [1.165, 1.54) is 0 Å². The van der Waals surface area contributed by atoms with Crippen molar-refractivity contribution in [3.8, 4) is 11.1 Å². The molecule has 5 nitrogen and oxygen atoms in total. The van der Waals surface area contributed by atoms with E-state index in [9.17, 15) is 4.79 Å². The van der Waals surface area contributed by atoms with Crippen LogP contribution in [0.2, 0.25) is 5.02 Å². The normalized spacial score (nSPS) is 11.7. The van der Waals surface area contributed by atoms with Gasteiger partial charge in [0.25, 0.3) is 0 Å². The third-order valence-corrected chi connectivity index (χ3v) is 4.14. The van der Waals surface area contributed by atoms with Crippen molar-refractivity contribution in [3.63, 3.8) is 0 Å². The van der Waals surface area contributed by atoms with E-state index in [2.05, 4.69) is 20.6 Å². The first kappa shape index (κ1) is 17.9. The van der Waals surface area contributed by atoms with Gasteiger partial charge in [-0.15, -0.1) is 0 Å². The number of pyridine rings is 2. The average molecular weight is 367 g/mol. The number of hydrogen-bond acceptors (Lipinski definition) is 3. The number of rotatable bonds is 4. The fourth-order valence-corrected chi connectivity index (χ4v) is 2.66. The maximum absolute atomic E-state index is 12.2. The summed E-state index contributed by atoms with van der Waals surface area (Å²) >= 11 is 5.83. The number of anilines is 1. The summed E-state index contributed by atoms with van der Waals surface area (Å²) in [4.78, 5) is 20.6. The molecule has 2 amide bonds. The third-order valence-electron chi connectivity index (χ3n) is 3.91. The van der Waals surface area contributed by atoms with E-state index >= 15 is 0 Å². The molecule has 0 aliphatic carbocycles. The number of amides is 2. The molecule has 0 aliphatic rings. The maximum atomic E-state index is 12.2. The molecule has 0 saturated heterocycles. The van der Waals surface area contributed by atoms with Crippen LogP contribution in [0.25, 0.3) is 11.1 Å². The number of carbonyl (C=O) groups is 1. The Balaban J connectivity index is 1.61. The molecule has 1 unspecified atom stereocenters. The molecule has 1 atom stereocenters. The van der Waals surface area contributed by atoms with Gasteiger partial charge in [-0.3, -0.25) is 9.97 Å². The Hall–Kier alpha value is -2.92. The van der Waals surface area contributed by atoms with Crippen LogP contribution in [0.15, 0.2) is 60.9 Å². The number of hydrogen-bond donors (Lipinski definition) is 2. The molecule has 3 rings (SSSR count). The lowest BCUT2D eigenvalue weighted by Gasteiger charge is -2.14. The molecule has 0 fully saturated rings. The Morgan fingerprint density at radius 3 is 2.46 bits per heavy atom. The first-order valence-electron chi connectivity index (χ1n) is 8.23. The number of aromatic nitrogens is 2. The first-order chi connectivity index (χ1) is 12.5. The number of urea groups is 1. The zero-order valence-corrected chi connectivity index (χ0v) is 15.3. The summed E-state index contributed by atoms with van der Waals surface area (Å²) in [6.07, 6.45) is 3.35. The SMILES string of the molecule is Cc1cc(-c2ccc(NC(=O)NC(C)c3ccc(Cl)cn3)cc2)ccn1. The monoisotopic (exact) mass is 366 g/mol. The topological polar surface area (TPSA) is 66.9 Å². The van der Waals surface area contributed by atoms with Crippen LogP contribution in [0.5, 0.6) is 0 Å². The van der Waals surface area contributed by atoms with Crippen LogP contribution in [-0.4, -0.2) is 16.0 Å². The molecule has 1 aromatic carbocycles. The molecule has 3 aromatic rings. The largest absolute Gasteiger partial charge is 0.330 e. The highest BCUT2D eigenvalue weighted by molar-refractivity contribution is 6.30. The van der Waals surface area contributed by atoms with Gasteiger partial charge in [-0.25, -0.2) is 4.79 Å². The fourth-order valence-electron chi connectivity index (χ4n) is 2.55. The lowest BCUT2D eigenvalue weighted by atomic mass is 10.1. The summed E-state index contributed by atoms with van der Waals surface area (Å²) in [5.41, 5.74) is 4.59. The van der Waals surface area contributed by atoms with Crippen molar-refractivity contribution < 1.29 is 4.79 Å². The Kier molecular flexibility index (Phi) is 5.49. The van der Waals surface area contributed by atoms with Gasteiger partial charge < -0.3 is 10.6 Å². The van der Waals surface area contributed by atoms with Gasteiger partial charge >= 0.3 is 6.03 Å². The molecule has 0 radical (unpaired) electrons. The van der Waals surface area contributed by atoms with E-state index in [0.29, 0.717) is 10.7 Å². The molecular weight excluding hydrogens is 348 g/mol. The molecule has 26 heavy (non-hydrogen) atoms. The van der Waals surface area contributed by atoms with Crippen LogP contribution in [0.1, 0.15) is 24.4 Å². The van der Waals surface area contributed by atoms with Crippen molar-refractivity contribution in [1.29, 1.82) is 0 Å². The average Bonchev–Trinajstić information content (AvgIpc) is 2.62. The second-order valence-electron chi connectivity index (χ2n) is 5.98. The second kappa shape index (κ2) is 7.97. The van der Waals surface area contributed by atoms with Crippen molar-refractivity contribution in [1.82, 2.24) is 15.3 Å². The van der Waals surface area contributed by atoms with Crippen molar-refractivity contribution in [2.75, 3.05) is 5.32 Å². The summed E-state index contributed by atoms with van der Waals surface area (Å²) in [5.74, 6) is 0. The predicted molar refractivity (Wildman–Crippen MR) is 104 cm³/mol. The summed E-state index contributed by atoms with van der Waals surface area (Å²) in [6, 6.07) is 14.7. The van der Waals surface area contributed by atoms with Crippen LogP contribution in [-0.2, 0) is 0 Å². The highest BCUT2D eigenvalue weighted by Gasteiger charge is 2.11. The van der Waals surface area contributed by atoms with Crippen molar-refractivity contribution in [2.45, 2.75) is 19.9 Å². The Labute approximate surface area is 157 Å². The zero-order chi connectivity index (χ0) is 18.5. The van der Waals surface area contributed by atoms with Crippen LogP contribution >= 0.6 is 11.6 Å². The van der Waals surface area contributed by atoms with Crippen LogP contribution in [0, 0.1) is 6.92 Å². The minimum atomic E-state index is -0.290. The highest BCUT2D eigenvalue weighted by Crippen LogP contribution is 2.21. The number of aryl methyl sites for hydroxylation is 1. The molecule has 2 aromatic heterocycles. The standard InChI is InChI=1S/C20H19ClN4O/c1-13-11-16(9-10-22-13)15-3-6-18(7-4-15)25-20(26)24-14(2)19-8-5-17(21)12-23-19/h3-12,14H,1-2H3,(H2,24,25,26). The lowest BCUT2D eigenvalue weighted by Crippen LogP contribution is -2.31. The second-order valence-corrected chi connectivity index (χ2v) is 6.42. The van der Waals surface area contributed by atoms with Crippen LogP contribution < -0.4 is 10.6 Å². The van der Waals surface area contributed by atoms with Crippen molar-refractivity contribution >= 4 is 23.3 Å². The van der Waals surface area contributed by atoms with Gasteiger partial charge in [-0.1, -0.05) is 23.7 Å². The summed E-state index contributed by atoms with van der Waals surface area (Å²) < 4.78 is 0. The Morgan fingerprint density at radius 2 is 1.81 bits per heavy atom. The first-order valence-corrected chi connectivity index (χ1v) is 8.61. The molecule has 0 aliphatic heterocycles. The minimum absolute atomic E-state index is 0.230. The van der Waals surface area contributed by atoms with Gasteiger partial charge in [-0.05, 0) is 61.4 Å². The number of nitrogens with one attached hydrogen (secondary N) is 2. The quantitative estimate of drug-likeness (QED) is 0.683. The van der Waals surface area contributed by atoms with Gasteiger partial charge in [-0.2, -0.15) is 0 Å². The molecule has 0 bridgehead atoms. The van der Waals surface area contributed by atoms with E-state index in [1.807, 2.05) is 50.2 Å². The molecule has 0 spiro atoms. The molecule has 2 heterocycles. The number of halogens is 1. The summed E-state index contributed by atoms with van der Waals surface area (Å²) in [7, 11) is 0. The van der Waals surface area contributed by atoms with E-state index in [1.54, 1.807) is 24.5 Å². The van der Waals surface area contributed by atoms with Gasteiger partial charge in [0.1, 0.15) is 0 Å². The summed E-state index contributed by atoms with van der Waals surface area (Å²) in [5, 5.41) is 6.25.